The van der Waals surface area contributed by atoms with E-state index in [1.54, 1.807) is 23.0 Å². The second-order valence-electron chi connectivity index (χ2n) is 4.82. The largest absolute Gasteiger partial charge is 0.573 e. The fourth-order valence-corrected chi connectivity index (χ4v) is 2.21. The quantitative estimate of drug-likeness (QED) is 0.739. The summed E-state index contributed by atoms with van der Waals surface area (Å²) in [5, 5.41) is 4.13. The molecule has 0 saturated heterocycles. The molecule has 0 amide bonds. The highest BCUT2D eigenvalue weighted by Gasteiger charge is 2.31. The topological polar surface area (TPSA) is 48.7 Å². The SMILES string of the molecule is COc1cc(OC(F)(F)F)ccc1-c1ccn2ncc(C)c2n1. The van der Waals surface area contributed by atoms with Gasteiger partial charge in [-0.1, -0.05) is 0 Å². The van der Waals surface area contributed by atoms with Crippen molar-refractivity contribution in [2.45, 2.75) is 13.3 Å². The van der Waals surface area contributed by atoms with Crippen LogP contribution in [0.1, 0.15) is 5.56 Å². The van der Waals surface area contributed by atoms with Crippen molar-refractivity contribution in [2.24, 2.45) is 0 Å². The van der Waals surface area contributed by atoms with Crippen LogP contribution in [0.5, 0.6) is 11.5 Å². The molecular weight excluding hydrogens is 311 g/mol. The number of ether oxygens (including phenoxy) is 2. The summed E-state index contributed by atoms with van der Waals surface area (Å²) in [4.78, 5) is 4.48. The number of aromatic nitrogens is 3. The lowest BCUT2D eigenvalue weighted by Gasteiger charge is -2.13. The van der Waals surface area contributed by atoms with E-state index in [0.717, 1.165) is 5.56 Å². The highest BCUT2D eigenvalue weighted by atomic mass is 19.4. The van der Waals surface area contributed by atoms with Crippen LogP contribution in [0.4, 0.5) is 13.2 Å². The number of aryl methyl sites for hydroxylation is 1. The van der Waals surface area contributed by atoms with Gasteiger partial charge >= 0.3 is 6.36 Å². The molecule has 5 nitrogen and oxygen atoms in total. The average molecular weight is 323 g/mol. The first-order valence-electron chi connectivity index (χ1n) is 6.62. The van der Waals surface area contributed by atoms with Crippen LogP contribution in [0, 0.1) is 6.92 Å². The summed E-state index contributed by atoms with van der Waals surface area (Å²) in [5.74, 6) is -0.111. The zero-order valence-corrected chi connectivity index (χ0v) is 12.3. The van der Waals surface area contributed by atoms with Gasteiger partial charge in [-0.25, -0.2) is 9.50 Å². The van der Waals surface area contributed by atoms with Crippen LogP contribution < -0.4 is 9.47 Å². The smallest absolute Gasteiger partial charge is 0.496 e. The molecule has 0 aliphatic heterocycles. The summed E-state index contributed by atoms with van der Waals surface area (Å²) in [6, 6.07) is 5.59. The number of fused-ring (bicyclic) bond motifs is 1. The lowest BCUT2D eigenvalue weighted by molar-refractivity contribution is -0.274. The molecule has 0 fully saturated rings. The average Bonchev–Trinajstić information content (AvgIpc) is 2.86. The molecular formula is C15H12F3N3O2. The zero-order valence-electron chi connectivity index (χ0n) is 12.3. The summed E-state index contributed by atoms with van der Waals surface area (Å²) >= 11 is 0. The summed E-state index contributed by atoms with van der Waals surface area (Å²) in [6.07, 6.45) is -1.34. The third-order valence-electron chi connectivity index (χ3n) is 3.23. The molecule has 0 N–H and O–H groups in total. The Morgan fingerprint density at radius 3 is 2.65 bits per heavy atom. The Kier molecular flexibility index (Phi) is 3.59. The van der Waals surface area contributed by atoms with Crippen molar-refractivity contribution in [2.75, 3.05) is 7.11 Å². The van der Waals surface area contributed by atoms with E-state index in [1.807, 2.05) is 6.92 Å². The molecule has 2 heterocycles. The third kappa shape index (κ3) is 3.05. The Morgan fingerprint density at radius 2 is 1.96 bits per heavy atom. The van der Waals surface area contributed by atoms with E-state index in [1.165, 1.54) is 25.3 Å². The second-order valence-corrected chi connectivity index (χ2v) is 4.82. The van der Waals surface area contributed by atoms with E-state index >= 15 is 0 Å². The highest BCUT2D eigenvalue weighted by Crippen LogP contribution is 2.34. The molecule has 3 aromatic rings. The zero-order chi connectivity index (χ0) is 16.6. The van der Waals surface area contributed by atoms with Crippen molar-refractivity contribution in [3.05, 3.63) is 42.2 Å². The number of benzene rings is 1. The van der Waals surface area contributed by atoms with Gasteiger partial charge in [-0.15, -0.1) is 13.2 Å². The molecule has 23 heavy (non-hydrogen) atoms. The van der Waals surface area contributed by atoms with E-state index < -0.39 is 6.36 Å². The van der Waals surface area contributed by atoms with Gasteiger partial charge < -0.3 is 9.47 Å². The van der Waals surface area contributed by atoms with Crippen LogP contribution >= 0.6 is 0 Å². The number of hydrogen-bond donors (Lipinski definition) is 0. The summed E-state index contributed by atoms with van der Waals surface area (Å²) in [6.45, 7) is 1.87. The van der Waals surface area contributed by atoms with Gasteiger partial charge in [0.25, 0.3) is 0 Å². The van der Waals surface area contributed by atoms with E-state index in [4.69, 9.17) is 4.74 Å². The van der Waals surface area contributed by atoms with Crippen molar-refractivity contribution in [3.63, 3.8) is 0 Å². The predicted molar refractivity (Wildman–Crippen MR) is 76.4 cm³/mol. The lowest BCUT2D eigenvalue weighted by Crippen LogP contribution is -2.17. The van der Waals surface area contributed by atoms with Gasteiger partial charge in [-0.2, -0.15) is 5.10 Å². The molecule has 0 aliphatic carbocycles. The van der Waals surface area contributed by atoms with Gasteiger partial charge in [0, 0.05) is 23.4 Å². The minimum absolute atomic E-state index is 0.237. The van der Waals surface area contributed by atoms with Gasteiger partial charge in [-0.3, -0.25) is 0 Å². The number of nitrogens with zero attached hydrogens (tertiary/aromatic N) is 3. The number of rotatable bonds is 3. The Balaban J connectivity index is 2.05. The molecule has 120 valence electrons. The Hall–Kier alpha value is -2.77. The first-order valence-corrected chi connectivity index (χ1v) is 6.62. The number of hydrogen-bond acceptors (Lipinski definition) is 4. The molecule has 0 bridgehead atoms. The summed E-state index contributed by atoms with van der Waals surface area (Å²) in [7, 11) is 1.37. The lowest BCUT2D eigenvalue weighted by atomic mass is 10.1. The van der Waals surface area contributed by atoms with Crippen molar-refractivity contribution in [3.8, 4) is 22.8 Å². The molecule has 2 aromatic heterocycles. The first kappa shape index (κ1) is 15.1. The minimum Gasteiger partial charge on any atom is -0.496 e. The third-order valence-corrected chi connectivity index (χ3v) is 3.23. The molecule has 3 rings (SSSR count). The van der Waals surface area contributed by atoms with Crippen molar-refractivity contribution < 1.29 is 22.6 Å². The molecule has 0 radical (unpaired) electrons. The standard InChI is InChI=1S/C15H12F3N3O2/c1-9-8-19-21-6-5-12(20-14(9)21)11-4-3-10(7-13(11)22-2)23-15(16,17)18/h3-8H,1-2H3. The van der Waals surface area contributed by atoms with E-state index in [-0.39, 0.29) is 11.5 Å². The second kappa shape index (κ2) is 5.45. The number of methoxy groups -OCH3 is 1. The van der Waals surface area contributed by atoms with Gasteiger partial charge in [0.05, 0.1) is 19.0 Å². The molecule has 0 atom stereocenters. The molecule has 1 aromatic carbocycles. The van der Waals surface area contributed by atoms with Crippen molar-refractivity contribution in [1.82, 2.24) is 14.6 Å². The summed E-state index contributed by atoms with van der Waals surface area (Å²) < 4.78 is 47.6. The van der Waals surface area contributed by atoms with Crippen LogP contribution in [0.15, 0.2) is 36.7 Å². The molecule has 0 saturated carbocycles. The normalized spacial score (nSPS) is 11.7. The van der Waals surface area contributed by atoms with Gasteiger partial charge in [0.1, 0.15) is 11.5 Å². The van der Waals surface area contributed by atoms with E-state index in [0.29, 0.717) is 16.9 Å². The minimum atomic E-state index is -4.75. The fourth-order valence-electron chi connectivity index (χ4n) is 2.21. The van der Waals surface area contributed by atoms with Crippen LogP contribution in [-0.2, 0) is 0 Å². The predicted octanol–water partition coefficient (Wildman–Crippen LogP) is 3.61. The maximum absolute atomic E-state index is 12.3. The Labute approximate surface area is 129 Å². The molecule has 8 heteroatoms. The summed E-state index contributed by atoms with van der Waals surface area (Å²) in [5.41, 5.74) is 2.68. The Bertz CT molecular complexity index is 859. The highest BCUT2D eigenvalue weighted by molar-refractivity contribution is 5.70. The Morgan fingerprint density at radius 1 is 1.17 bits per heavy atom. The van der Waals surface area contributed by atoms with Crippen LogP contribution in [0.3, 0.4) is 0 Å². The molecule has 0 unspecified atom stereocenters. The van der Waals surface area contributed by atoms with Gasteiger partial charge in [0.15, 0.2) is 5.65 Å². The monoisotopic (exact) mass is 323 g/mol. The van der Waals surface area contributed by atoms with Crippen molar-refractivity contribution in [1.29, 1.82) is 0 Å². The van der Waals surface area contributed by atoms with Crippen molar-refractivity contribution >= 4 is 5.65 Å². The molecule has 0 aliphatic rings. The fraction of sp³-hybridized carbons (Fsp3) is 0.200. The van der Waals surface area contributed by atoms with E-state index in [9.17, 15) is 13.2 Å². The van der Waals surface area contributed by atoms with Gasteiger partial charge in [0.2, 0.25) is 0 Å². The maximum Gasteiger partial charge on any atom is 0.573 e. The maximum atomic E-state index is 12.3. The van der Waals surface area contributed by atoms with Crippen LogP contribution in [0.2, 0.25) is 0 Å². The van der Waals surface area contributed by atoms with E-state index in [2.05, 4.69) is 14.8 Å². The molecule has 0 spiro atoms. The number of alkyl halides is 3. The number of halogens is 3. The first-order chi connectivity index (χ1) is 10.9. The van der Waals surface area contributed by atoms with Crippen LogP contribution in [0.25, 0.3) is 16.9 Å². The van der Waals surface area contributed by atoms with Gasteiger partial charge in [-0.05, 0) is 25.1 Å². The van der Waals surface area contributed by atoms with Crippen LogP contribution in [-0.4, -0.2) is 28.1 Å².